The molecule has 9 nitrogen and oxygen atoms in total. The van der Waals surface area contributed by atoms with Gasteiger partial charge in [0.25, 0.3) is 11.8 Å². The number of esters is 1. The number of rotatable bonds is 11. The van der Waals surface area contributed by atoms with Crippen LogP contribution in [0.15, 0.2) is 46.0 Å². The SMILES string of the molecule is CCOc1cc(C=NNC(=O)C(NC(=O)c2ccc(F)cc2)C(C)C)cc(Br)c1OCC(=O)OC. The number of nitrogens with zero attached hydrogens (tertiary/aromatic N) is 1. The van der Waals surface area contributed by atoms with Crippen molar-refractivity contribution >= 4 is 39.9 Å². The molecule has 11 heteroatoms. The van der Waals surface area contributed by atoms with Gasteiger partial charge in [-0.3, -0.25) is 9.59 Å². The second-order valence-electron chi connectivity index (χ2n) is 7.56. The maximum Gasteiger partial charge on any atom is 0.343 e. The number of methoxy groups -OCH3 is 1. The number of amides is 2. The molecule has 1 unspecified atom stereocenters. The van der Waals surface area contributed by atoms with Crippen molar-refractivity contribution in [1.29, 1.82) is 0 Å². The molecule has 0 saturated carbocycles. The molecule has 2 amide bonds. The van der Waals surface area contributed by atoms with E-state index in [4.69, 9.17) is 9.47 Å². The molecular formula is C24H27BrFN3O6. The minimum atomic E-state index is -0.871. The van der Waals surface area contributed by atoms with Crippen molar-refractivity contribution in [3.05, 3.63) is 57.8 Å². The average Bonchev–Trinajstić information content (AvgIpc) is 2.82. The molecule has 0 aliphatic rings. The van der Waals surface area contributed by atoms with Crippen LogP contribution in [0.3, 0.4) is 0 Å². The number of hydrogen-bond acceptors (Lipinski definition) is 7. The van der Waals surface area contributed by atoms with Gasteiger partial charge in [0.15, 0.2) is 18.1 Å². The molecule has 1 atom stereocenters. The first-order valence-electron chi connectivity index (χ1n) is 10.7. The van der Waals surface area contributed by atoms with Gasteiger partial charge in [0.2, 0.25) is 0 Å². The maximum atomic E-state index is 13.1. The number of nitrogens with one attached hydrogen (secondary N) is 2. The summed E-state index contributed by atoms with van der Waals surface area (Å²) in [5.41, 5.74) is 3.22. The van der Waals surface area contributed by atoms with E-state index in [2.05, 4.69) is 36.5 Å². The molecular weight excluding hydrogens is 525 g/mol. The third-order valence-electron chi connectivity index (χ3n) is 4.62. The minimum Gasteiger partial charge on any atom is -0.490 e. The third-order valence-corrected chi connectivity index (χ3v) is 5.21. The fraction of sp³-hybridized carbons (Fsp3) is 0.333. The van der Waals surface area contributed by atoms with Crippen LogP contribution < -0.4 is 20.2 Å². The predicted molar refractivity (Wildman–Crippen MR) is 131 cm³/mol. The lowest BCUT2D eigenvalue weighted by Crippen LogP contribution is -2.48. The summed E-state index contributed by atoms with van der Waals surface area (Å²) in [7, 11) is 1.26. The van der Waals surface area contributed by atoms with Crippen LogP contribution in [-0.4, -0.2) is 50.4 Å². The van der Waals surface area contributed by atoms with E-state index in [1.807, 2.05) is 0 Å². The second kappa shape index (κ2) is 13.4. The van der Waals surface area contributed by atoms with Gasteiger partial charge in [-0.2, -0.15) is 5.10 Å². The van der Waals surface area contributed by atoms with Crippen LogP contribution in [0.5, 0.6) is 11.5 Å². The van der Waals surface area contributed by atoms with Crippen LogP contribution in [0.2, 0.25) is 0 Å². The first-order chi connectivity index (χ1) is 16.7. The van der Waals surface area contributed by atoms with Gasteiger partial charge in [-0.15, -0.1) is 0 Å². The highest BCUT2D eigenvalue weighted by atomic mass is 79.9. The van der Waals surface area contributed by atoms with Gasteiger partial charge < -0.3 is 19.5 Å². The molecule has 0 spiro atoms. The van der Waals surface area contributed by atoms with Gasteiger partial charge in [0.05, 0.1) is 24.4 Å². The lowest BCUT2D eigenvalue weighted by molar-refractivity contribution is -0.143. The summed E-state index contributed by atoms with van der Waals surface area (Å²) in [6.07, 6.45) is 1.40. The van der Waals surface area contributed by atoms with Gasteiger partial charge in [-0.25, -0.2) is 14.6 Å². The number of carbonyl (C=O) groups excluding carboxylic acids is 3. The quantitative estimate of drug-likeness (QED) is 0.251. The molecule has 35 heavy (non-hydrogen) atoms. The van der Waals surface area contributed by atoms with E-state index in [1.54, 1.807) is 32.9 Å². The molecule has 2 rings (SSSR count). The molecule has 0 radical (unpaired) electrons. The highest BCUT2D eigenvalue weighted by molar-refractivity contribution is 9.10. The summed E-state index contributed by atoms with van der Waals surface area (Å²) < 4.78 is 29.3. The van der Waals surface area contributed by atoms with E-state index in [-0.39, 0.29) is 18.1 Å². The van der Waals surface area contributed by atoms with Gasteiger partial charge >= 0.3 is 5.97 Å². The van der Waals surface area contributed by atoms with E-state index in [0.29, 0.717) is 28.1 Å². The number of hydrogen-bond donors (Lipinski definition) is 2. The summed E-state index contributed by atoms with van der Waals surface area (Å²) in [6.45, 7) is 5.40. The zero-order chi connectivity index (χ0) is 26.0. The zero-order valence-corrected chi connectivity index (χ0v) is 21.3. The van der Waals surface area contributed by atoms with Crippen molar-refractivity contribution in [2.75, 3.05) is 20.3 Å². The van der Waals surface area contributed by atoms with Crippen LogP contribution in [0, 0.1) is 11.7 Å². The van der Waals surface area contributed by atoms with Gasteiger partial charge in [-0.1, -0.05) is 13.8 Å². The zero-order valence-electron chi connectivity index (χ0n) is 19.8. The summed E-state index contributed by atoms with van der Waals surface area (Å²) in [6, 6.07) is 7.45. The summed E-state index contributed by atoms with van der Waals surface area (Å²) in [5.74, 6) is -1.58. The van der Waals surface area contributed by atoms with Crippen molar-refractivity contribution in [2.24, 2.45) is 11.0 Å². The van der Waals surface area contributed by atoms with Gasteiger partial charge in [0.1, 0.15) is 11.9 Å². The normalized spacial score (nSPS) is 11.7. The van der Waals surface area contributed by atoms with Gasteiger partial charge in [-0.05, 0) is 70.7 Å². The standard InChI is InChI=1S/C24H27BrFN3O6/c1-5-34-19-11-15(10-18(25)22(19)35-13-20(30)33-4)12-27-29-24(32)21(14(2)3)28-23(31)16-6-8-17(26)9-7-16/h6-12,14,21H,5,13H2,1-4H3,(H,28,31)(H,29,32). The molecule has 0 aliphatic heterocycles. The molecule has 0 saturated heterocycles. The molecule has 0 bridgehead atoms. The Morgan fingerprint density at radius 2 is 1.83 bits per heavy atom. The van der Waals surface area contributed by atoms with Crippen LogP contribution in [0.25, 0.3) is 0 Å². The molecule has 0 aliphatic carbocycles. The Bertz CT molecular complexity index is 1080. The fourth-order valence-electron chi connectivity index (χ4n) is 2.86. The summed E-state index contributed by atoms with van der Waals surface area (Å²) in [5, 5.41) is 6.62. The molecule has 2 aromatic rings. The van der Waals surface area contributed by atoms with E-state index in [9.17, 15) is 18.8 Å². The predicted octanol–water partition coefficient (Wildman–Crippen LogP) is 3.44. The van der Waals surface area contributed by atoms with Crippen LogP contribution in [-0.2, 0) is 14.3 Å². The largest absolute Gasteiger partial charge is 0.490 e. The Labute approximate surface area is 211 Å². The smallest absolute Gasteiger partial charge is 0.343 e. The monoisotopic (exact) mass is 551 g/mol. The van der Waals surface area contributed by atoms with E-state index >= 15 is 0 Å². The number of hydrazone groups is 1. The molecule has 0 fully saturated rings. The highest BCUT2D eigenvalue weighted by Gasteiger charge is 2.24. The van der Waals surface area contributed by atoms with Crippen molar-refractivity contribution in [3.8, 4) is 11.5 Å². The van der Waals surface area contributed by atoms with Crippen molar-refractivity contribution < 1.29 is 33.0 Å². The Hall–Kier alpha value is -3.47. The Kier molecular flexibility index (Phi) is 10.7. The maximum absolute atomic E-state index is 13.1. The molecule has 2 N–H and O–H groups in total. The van der Waals surface area contributed by atoms with E-state index < -0.39 is 29.6 Å². The highest BCUT2D eigenvalue weighted by Crippen LogP contribution is 2.36. The fourth-order valence-corrected chi connectivity index (χ4v) is 3.43. The van der Waals surface area contributed by atoms with Crippen molar-refractivity contribution in [2.45, 2.75) is 26.8 Å². The molecule has 0 heterocycles. The van der Waals surface area contributed by atoms with Gasteiger partial charge in [0, 0.05) is 5.56 Å². The topological polar surface area (TPSA) is 115 Å². The molecule has 2 aromatic carbocycles. The average molecular weight is 552 g/mol. The van der Waals surface area contributed by atoms with E-state index in [1.165, 1.54) is 37.6 Å². The Morgan fingerprint density at radius 1 is 1.14 bits per heavy atom. The van der Waals surface area contributed by atoms with Crippen molar-refractivity contribution in [1.82, 2.24) is 10.7 Å². The first kappa shape index (κ1) is 27.8. The van der Waals surface area contributed by atoms with E-state index in [0.717, 1.165) is 0 Å². The summed E-state index contributed by atoms with van der Waals surface area (Å²) >= 11 is 3.38. The third kappa shape index (κ3) is 8.36. The lowest BCUT2D eigenvalue weighted by atomic mass is 10.0. The van der Waals surface area contributed by atoms with Crippen LogP contribution in [0.1, 0.15) is 36.7 Å². The second-order valence-corrected chi connectivity index (χ2v) is 8.42. The molecule has 188 valence electrons. The van der Waals surface area contributed by atoms with Crippen LogP contribution >= 0.6 is 15.9 Å². The Balaban J connectivity index is 2.10. The van der Waals surface area contributed by atoms with Crippen molar-refractivity contribution in [3.63, 3.8) is 0 Å². The number of benzene rings is 2. The minimum absolute atomic E-state index is 0.233. The number of halogens is 2. The molecule has 0 aromatic heterocycles. The lowest BCUT2D eigenvalue weighted by Gasteiger charge is -2.20. The summed E-state index contributed by atoms with van der Waals surface area (Å²) in [4.78, 5) is 36.5. The Morgan fingerprint density at radius 3 is 2.43 bits per heavy atom. The number of carbonyl (C=O) groups is 3. The number of ether oxygens (including phenoxy) is 3. The van der Waals surface area contributed by atoms with Crippen LogP contribution in [0.4, 0.5) is 4.39 Å². The first-order valence-corrected chi connectivity index (χ1v) is 11.5.